The van der Waals surface area contributed by atoms with Crippen LogP contribution >= 0.6 is 11.8 Å². The van der Waals surface area contributed by atoms with Crippen LogP contribution < -0.4 is 5.32 Å². The van der Waals surface area contributed by atoms with Crippen molar-refractivity contribution in [1.29, 1.82) is 0 Å². The summed E-state index contributed by atoms with van der Waals surface area (Å²) < 4.78 is 23.4. The quantitative estimate of drug-likeness (QED) is 0.769. The van der Waals surface area contributed by atoms with Gasteiger partial charge in [0.1, 0.15) is 12.4 Å². The van der Waals surface area contributed by atoms with Crippen LogP contribution in [0.2, 0.25) is 0 Å². The molecule has 2 aliphatic heterocycles. The molecule has 8 heteroatoms. The predicted molar refractivity (Wildman–Crippen MR) is 106 cm³/mol. The number of benzene rings is 1. The van der Waals surface area contributed by atoms with E-state index in [1.807, 2.05) is 42.9 Å². The summed E-state index contributed by atoms with van der Waals surface area (Å²) in [4.78, 5) is 4.45. The number of nitrogens with one attached hydrogen (secondary N) is 1. The van der Waals surface area contributed by atoms with Crippen LogP contribution in [0.4, 0.5) is 0 Å². The fourth-order valence-corrected chi connectivity index (χ4v) is 5.58. The highest BCUT2D eigenvalue weighted by atomic mass is 32.2. The van der Waals surface area contributed by atoms with Crippen LogP contribution in [-0.4, -0.2) is 80.2 Å². The van der Waals surface area contributed by atoms with E-state index in [1.165, 1.54) is 24.9 Å². The van der Waals surface area contributed by atoms with Gasteiger partial charge in [-0.05, 0) is 50.4 Å². The Morgan fingerprint density at radius 2 is 1.96 bits per heavy atom. The van der Waals surface area contributed by atoms with Crippen LogP contribution in [0, 0.1) is 0 Å². The molecule has 2 heterocycles. The van der Waals surface area contributed by atoms with E-state index in [-0.39, 0.29) is 12.2 Å². The molecule has 0 saturated carbocycles. The second-order valence-electron chi connectivity index (χ2n) is 7.36. The molecule has 3 rings (SSSR count). The Kier molecular flexibility index (Phi) is 6.31. The minimum absolute atomic E-state index is 0.0886. The van der Waals surface area contributed by atoms with Crippen molar-refractivity contribution in [3.63, 3.8) is 0 Å². The van der Waals surface area contributed by atoms with Gasteiger partial charge in [0.05, 0.1) is 4.90 Å². The highest BCUT2D eigenvalue weighted by Gasteiger charge is 2.38. The minimum atomic E-state index is -3.19. The van der Waals surface area contributed by atoms with Gasteiger partial charge in [-0.25, -0.2) is 8.42 Å². The molecule has 26 heavy (non-hydrogen) atoms. The Balaban J connectivity index is 1.74. The molecule has 0 bridgehead atoms. The van der Waals surface area contributed by atoms with Gasteiger partial charge in [-0.15, -0.1) is 0 Å². The molecule has 6 nitrogen and oxygen atoms in total. The first-order valence-corrected chi connectivity index (χ1v) is 12.0. The van der Waals surface area contributed by atoms with E-state index in [4.69, 9.17) is 0 Å². The maximum atomic E-state index is 11.7. The van der Waals surface area contributed by atoms with Gasteiger partial charge >= 0.3 is 0 Å². The molecular formula is C18H29N3O3S2. The summed E-state index contributed by atoms with van der Waals surface area (Å²) in [5, 5.41) is 14.8. The Bertz CT molecular complexity index is 705. The first-order valence-electron chi connectivity index (χ1n) is 9.02. The highest BCUT2D eigenvalue weighted by molar-refractivity contribution is 8.00. The van der Waals surface area contributed by atoms with Crippen molar-refractivity contribution in [3.05, 3.63) is 29.8 Å². The monoisotopic (exact) mass is 399 g/mol. The number of thioether (sulfide) groups is 1. The van der Waals surface area contributed by atoms with Crippen molar-refractivity contribution >= 4 is 21.6 Å². The van der Waals surface area contributed by atoms with Crippen LogP contribution in [-0.2, 0) is 9.84 Å². The molecule has 1 aromatic carbocycles. The fraction of sp³-hybridized carbons (Fsp3) is 0.667. The molecule has 4 unspecified atom stereocenters. The molecule has 4 atom stereocenters. The summed E-state index contributed by atoms with van der Waals surface area (Å²) in [6.45, 7) is 1.58. The van der Waals surface area contributed by atoms with Gasteiger partial charge in [-0.3, -0.25) is 15.1 Å². The summed E-state index contributed by atoms with van der Waals surface area (Å²) in [6, 6.07) is 7.19. The average Bonchev–Trinajstić information content (AvgIpc) is 3.11. The Labute approximate surface area is 160 Å². The van der Waals surface area contributed by atoms with Crippen LogP contribution in [0.3, 0.4) is 0 Å². The molecule has 0 amide bonds. The van der Waals surface area contributed by atoms with E-state index in [0.717, 1.165) is 12.1 Å². The summed E-state index contributed by atoms with van der Waals surface area (Å²) >= 11 is 2.00. The second-order valence-corrected chi connectivity index (χ2v) is 10.8. The van der Waals surface area contributed by atoms with E-state index in [2.05, 4.69) is 10.2 Å². The van der Waals surface area contributed by atoms with E-state index in [1.54, 1.807) is 12.1 Å². The normalized spacial score (nSPS) is 31.4. The van der Waals surface area contributed by atoms with E-state index < -0.39 is 16.1 Å². The molecule has 0 aromatic heterocycles. The number of rotatable bonds is 5. The lowest BCUT2D eigenvalue weighted by Crippen LogP contribution is -2.64. The number of likely N-dealkylation sites (N-methyl/N-ethyl adjacent to an activating group) is 2. The zero-order valence-corrected chi connectivity index (χ0v) is 17.3. The van der Waals surface area contributed by atoms with Crippen molar-refractivity contribution in [2.45, 2.75) is 41.4 Å². The number of hydrogen-bond donors (Lipinski definition) is 2. The third-order valence-electron chi connectivity index (χ3n) is 5.40. The van der Waals surface area contributed by atoms with Crippen LogP contribution in [0.1, 0.15) is 24.4 Å². The number of sulfone groups is 1. The maximum absolute atomic E-state index is 11.7. The van der Waals surface area contributed by atoms with Gasteiger partial charge in [0.2, 0.25) is 0 Å². The summed E-state index contributed by atoms with van der Waals surface area (Å²) in [5.74, 6) is 1.23. The Morgan fingerprint density at radius 3 is 2.54 bits per heavy atom. The Hall–Kier alpha value is -0.640. The molecule has 1 aromatic rings. The number of aliphatic hydroxyl groups is 1. The topological polar surface area (TPSA) is 72.9 Å². The van der Waals surface area contributed by atoms with Crippen LogP contribution in [0.5, 0.6) is 0 Å². The maximum Gasteiger partial charge on any atom is 0.175 e. The van der Waals surface area contributed by atoms with Gasteiger partial charge < -0.3 is 5.11 Å². The number of hydrogen-bond acceptors (Lipinski definition) is 7. The van der Waals surface area contributed by atoms with Gasteiger partial charge in [-0.2, -0.15) is 11.8 Å². The summed E-state index contributed by atoms with van der Waals surface area (Å²) in [6.07, 6.45) is 3.00. The SMILES string of the molecule is CN1CC(c2ccc(S(C)(=O)=O)cc2)N(C)C(NCC2CCCS2)C1O. The first-order chi connectivity index (χ1) is 12.3. The smallest absolute Gasteiger partial charge is 0.175 e. The lowest BCUT2D eigenvalue weighted by atomic mass is 10.0. The van der Waals surface area contributed by atoms with Crippen molar-refractivity contribution in [3.8, 4) is 0 Å². The summed E-state index contributed by atoms with van der Waals surface area (Å²) in [7, 11) is 0.753. The van der Waals surface area contributed by atoms with Crippen molar-refractivity contribution in [2.24, 2.45) is 0 Å². The second kappa shape index (κ2) is 8.16. The summed E-state index contributed by atoms with van der Waals surface area (Å²) in [5.41, 5.74) is 1.06. The lowest BCUT2D eigenvalue weighted by molar-refractivity contribution is -0.112. The number of aliphatic hydroxyl groups excluding tert-OH is 1. The standard InChI is InChI=1S/C18H29N3O3S2/c1-20-12-16(13-6-8-15(9-7-13)26(3,23)24)21(2)17(18(20)22)19-11-14-5-4-10-25-14/h6-9,14,16-19,22H,4-5,10-12H2,1-3H3. The van der Waals surface area contributed by atoms with Crippen LogP contribution in [0.15, 0.2) is 29.2 Å². The minimum Gasteiger partial charge on any atom is -0.375 e. The zero-order valence-electron chi connectivity index (χ0n) is 15.6. The van der Waals surface area contributed by atoms with Gasteiger partial charge in [0, 0.05) is 30.6 Å². The number of piperazine rings is 1. The third kappa shape index (κ3) is 4.43. The molecule has 0 aliphatic carbocycles. The van der Waals surface area contributed by atoms with Gasteiger partial charge in [0.25, 0.3) is 0 Å². The molecule has 0 radical (unpaired) electrons. The van der Waals surface area contributed by atoms with Crippen molar-refractivity contribution in [1.82, 2.24) is 15.1 Å². The van der Waals surface area contributed by atoms with E-state index in [9.17, 15) is 13.5 Å². The molecule has 146 valence electrons. The average molecular weight is 400 g/mol. The largest absolute Gasteiger partial charge is 0.375 e. The molecular weight excluding hydrogens is 370 g/mol. The molecule has 2 fully saturated rings. The molecule has 0 spiro atoms. The molecule has 2 aliphatic rings. The zero-order chi connectivity index (χ0) is 18.9. The predicted octanol–water partition coefficient (Wildman–Crippen LogP) is 1.14. The molecule has 2 saturated heterocycles. The lowest BCUT2D eigenvalue weighted by Gasteiger charge is -2.47. The first kappa shape index (κ1) is 20.1. The van der Waals surface area contributed by atoms with Gasteiger partial charge in [-0.1, -0.05) is 12.1 Å². The number of nitrogens with zero attached hydrogens (tertiary/aromatic N) is 2. The fourth-order valence-electron chi connectivity index (χ4n) is 3.74. The van der Waals surface area contributed by atoms with Crippen molar-refractivity contribution in [2.75, 3.05) is 39.2 Å². The van der Waals surface area contributed by atoms with E-state index >= 15 is 0 Å². The van der Waals surface area contributed by atoms with Crippen LogP contribution in [0.25, 0.3) is 0 Å². The Morgan fingerprint density at radius 1 is 1.27 bits per heavy atom. The highest BCUT2D eigenvalue weighted by Crippen LogP contribution is 2.30. The van der Waals surface area contributed by atoms with E-state index in [0.29, 0.717) is 16.7 Å². The molecule has 2 N–H and O–H groups in total. The van der Waals surface area contributed by atoms with Crippen molar-refractivity contribution < 1.29 is 13.5 Å². The van der Waals surface area contributed by atoms with Gasteiger partial charge in [0.15, 0.2) is 9.84 Å². The third-order valence-corrected chi connectivity index (χ3v) is 7.92.